The number of hydrogen-bond acceptors (Lipinski definition) is 3. The topological polar surface area (TPSA) is 59.2 Å². The predicted octanol–water partition coefficient (Wildman–Crippen LogP) is 2.50. The maximum absolute atomic E-state index is 12.3. The monoisotopic (exact) mass is 255 g/mol. The van der Waals surface area contributed by atoms with E-state index in [0.29, 0.717) is 11.5 Å². The van der Waals surface area contributed by atoms with E-state index >= 15 is 0 Å². The van der Waals surface area contributed by atoms with Gasteiger partial charge in [0.05, 0.1) is 0 Å². The molecule has 2 N–H and O–H groups in total. The predicted molar refractivity (Wildman–Crippen MR) is 77.2 cm³/mol. The number of nitrogens with zero attached hydrogens (tertiary/aromatic N) is 2. The minimum absolute atomic E-state index is 0.170. The number of benzene rings is 1. The molecule has 0 spiro atoms. The summed E-state index contributed by atoms with van der Waals surface area (Å²) in [6, 6.07) is 13.0. The molecular weight excluding hydrogens is 238 g/mol. The van der Waals surface area contributed by atoms with E-state index < -0.39 is 0 Å². The molecule has 1 aromatic carbocycles. The third-order valence-electron chi connectivity index (χ3n) is 3.03. The summed E-state index contributed by atoms with van der Waals surface area (Å²) in [6.45, 7) is 2.10. The van der Waals surface area contributed by atoms with E-state index in [1.54, 1.807) is 30.1 Å². The van der Waals surface area contributed by atoms with Crippen LogP contribution in [-0.2, 0) is 6.42 Å². The first-order valence-electron chi connectivity index (χ1n) is 6.21. The van der Waals surface area contributed by atoms with Crippen LogP contribution in [0.4, 0.5) is 11.5 Å². The summed E-state index contributed by atoms with van der Waals surface area (Å²) in [5.74, 6) is 0.178. The first-order chi connectivity index (χ1) is 9.11. The lowest BCUT2D eigenvalue weighted by molar-refractivity contribution is 0.0988. The first kappa shape index (κ1) is 13.1. The van der Waals surface area contributed by atoms with Gasteiger partial charge in [0.2, 0.25) is 0 Å². The second-order valence-corrected chi connectivity index (χ2v) is 4.33. The summed E-state index contributed by atoms with van der Waals surface area (Å²) in [4.78, 5) is 17.9. The van der Waals surface area contributed by atoms with Gasteiger partial charge in [-0.15, -0.1) is 0 Å². The van der Waals surface area contributed by atoms with E-state index in [-0.39, 0.29) is 5.91 Å². The number of carbonyl (C=O) groups excluding carboxylic acids is 1. The number of anilines is 2. The van der Waals surface area contributed by atoms with Gasteiger partial charge in [0.15, 0.2) is 0 Å². The van der Waals surface area contributed by atoms with Gasteiger partial charge in [0.1, 0.15) is 11.5 Å². The van der Waals surface area contributed by atoms with Gasteiger partial charge in [0, 0.05) is 12.7 Å². The molecule has 19 heavy (non-hydrogen) atoms. The summed E-state index contributed by atoms with van der Waals surface area (Å²) < 4.78 is 0. The minimum atomic E-state index is -0.170. The Labute approximate surface area is 112 Å². The average Bonchev–Trinajstić information content (AvgIpc) is 2.46. The lowest BCUT2D eigenvalue weighted by atomic mass is 10.1. The molecule has 0 saturated carbocycles. The number of carbonyl (C=O) groups is 1. The number of aryl methyl sites for hydroxylation is 1. The molecule has 0 unspecified atom stereocenters. The molecule has 2 rings (SSSR count). The van der Waals surface area contributed by atoms with Crippen molar-refractivity contribution in [3.8, 4) is 0 Å². The second kappa shape index (κ2) is 5.52. The second-order valence-electron chi connectivity index (χ2n) is 4.33. The number of nitrogen functional groups attached to an aromatic ring is 1. The Bertz CT molecular complexity index is 578. The minimum Gasteiger partial charge on any atom is -0.384 e. The van der Waals surface area contributed by atoms with Crippen molar-refractivity contribution in [3.63, 3.8) is 0 Å². The Kier molecular flexibility index (Phi) is 3.80. The quantitative estimate of drug-likeness (QED) is 0.916. The van der Waals surface area contributed by atoms with Crippen LogP contribution in [-0.4, -0.2) is 17.9 Å². The molecule has 2 aromatic rings. The average molecular weight is 255 g/mol. The number of aromatic nitrogens is 1. The highest BCUT2D eigenvalue weighted by Gasteiger charge is 2.14. The molecule has 1 aromatic heterocycles. The first-order valence-corrected chi connectivity index (χ1v) is 6.21. The highest BCUT2D eigenvalue weighted by atomic mass is 16.2. The highest BCUT2D eigenvalue weighted by Crippen LogP contribution is 2.16. The zero-order valence-electron chi connectivity index (χ0n) is 11.1. The summed E-state index contributed by atoms with van der Waals surface area (Å²) in [7, 11) is 1.73. The van der Waals surface area contributed by atoms with E-state index in [4.69, 9.17) is 5.73 Å². The number of rotatable bonds is 3. The van der Waals surface area contributed by atoms with Crippen LogP contribution in [0, 0.1) is 0 Å². The van der Waals surface area contributed by atoms with Crippen LogP contribution in [0.3, 0.4) is 0 Å². The largest absolute Gasteiger partial charge is 0.384 e. The lowest BCUT2D eigenvalue weighted by Gasteiger charge is -2.17. The van der Waals surface area contributed by atoms with Gasteiger partial charge in [-0.2, -0.15) is 0 Å². The maximum atomic E-state index is 12.3. The number of nitrogens with two attached hydrogens (primary N) is 1. The summed E-state index contributed by atoms with van der Waals surface area (Å²) in [5.41, 5.74) is 8.02. The molecule has 4 nitrogen and oxygen atoms in total. The van der Waals surface area contributed by atoms with E-state index in [1.165, 1.54) is 5.56 Å². The number of hydrogen-bond donors (Lipinski definition) is 1. The normalized spacial score (nSPS) is 10.2. The van der Waals surface area contributed by atoms with Gasteiger partial charge in [-0.1, -0.05) is 25.1 Å². The Balaban J connectivity index is 2.23. The Morgan fingerprint density at radius 2 is 1.89 bits per heavy atom. The number of pyridine rings is 1. The van der Waals surface area contributed by atoms with Gasteiger partial charge in [-0.25, -0.2) is 4.98 Å². The van der Waals surface area contributed by atoms with Crippen LogP contribution >= 0.6 is 0 Å². The van der Waals surface area contributed by atoms with Gasteiger partial charge in [-0.3, -0.25) is 4.79 Å². The van der Waals surface area contributed by atoms with Crippen molar-refractivity contribution < 1.29 is 4.79 Å². The van der Waals surface area contributed by atoms with Crippen LogP contribution in [0.25, 0.3) is 0 Å². The van der Waals surface area contributed by atoms with Crippen LogP contribution in [0.5, 0.6) is 0 Å². The third kappa shape index (κ3) is 2.91. The maximum Gasteiger partial charge on any atom is 0.276 e. The van der Waals surface area contributed by atoms with Crippen molar-refractivity contribution in [1.29, 1.82) is 0 Å². The standard InChI is InChI=1S/C15H17N3O/c1-3-11-7-9-12(10-8-11)18(2)15(19)13-5-4-6-14(16)17-13/h4-10H,3H2,1-2H3,(H2,16,17). The molecule has 1 heterocycles. The molecule has 0 aliphatic rings. The van der Waals surface area contributed by atoms with Gasteiger partial charge in [0.25, 0.3) is 5.91 Å². The van der Waals surface area contributed by atoms with Crippen LogP contribution in [0.1, 0.15) is 23.0 Å². The van der Waals surface area contributed by atoms with E-state index in [1.807, 2.05) is 24.3 Å². The van der Waals surface area contributed by atoms with Crippen molar-refractivity contribution in [2.45, 2.75) is 13.3 Å². The van der Waals surface area contributed by atoms with Crippen molar-refractivity contribution in [3.05, 3.63) is 53.7 Å². The molecule has 0 fully saturated rings. The molecule has 1 amide bonds. The fourth-order valence-corrected chi connectivity index (χ4v) is 1.81. The van der Waals surface area contributed by atoms with Crippen molar-refractivity contribution in [2.24, 2.45) is 0 Å². The van der Waals surface area contributed by atoms with E-state index in [0.717, 1.165) is 12.1 Å². The van der Waals surface area contributed by atoms with Crippen LogP contribution in [0.15, 0.2) is 42.5 Å². The van der Waals surface area contributed by atoms with Gasteiger partial charge >= 0.3 is 0 Å². The zero-order chi connectivity index (χ0) is 13.8. The third-order valence-corrected chi connectivity index (χ3v) is 3.03. The van der Waals surface area contributed by atoms with Gasteiger partial charge < -0.3 is 10.6 Å². The van der Waals surface area contributed by atoms with Crippen LogP contribution < -0.4 is 10.6 Å². The molecule has 0 radical (unpaired) electrons. The van der Waals surface area contributed by atoms with Crippen molar-refractivity contribution >= 4 is 17.4 Å². The smallest absolute Gasteiger partial charge is 0.276 e. The Morgan fingerprint density at radius 3 is 2.47 bits per heavy atom. The summed E-state index contributed by atoms with van der Waals surface area (Å²) in [5, 5.41) is 0. The lowest BCUT2D eigenvalue weighted by Crippen LogP contribution is -2.27. The molecule has 0 bridgehead atoms. The summed E-state index contributed by atoms with van der Waals surface area (Å²) in [6.07, 6.45) is 0.981. The molecule has 0 atom stereocenters. The number of amides is 1. The van der Waals surface area contributed by atoms with E-state index in [9.17, 15) is 4.79 Å². The van der Waals surface area contributed by atoms with Crippen LogP contribution in [0.2, 0.25) is 0 Å². The van der Waals surface area contributed by atoms with Gasteiger partial charge in [-0.05, 0) is 36.2 Å². The van der Waals surface area contributed by atoms with Crippen molar-refractivity contribution in [2.75, 3.05) is 17.7 Å². The Morgan fingerprint density at radius 1 is 1.21 bits per heavy atom. The summed E-state index contributed by atoms with van der Waals surface area (Å²) >= 11 is 0. The molecule has 98 valence electrons. The Hall–Kier alpha value is -2.36. The molecular formula is C15H17N3O. The SMILES string of the molecule is CCc1ccc(N(C)C(=O)c2cccc(N)n2)cc1. The molecule has 4 heteroatoms. The fourth-order valence-electron chi connectivity index (χ4n) is 1.81. The van der Waals surface area contributed by atoms with E-state index in [2.05, 4.69) is 11.9 Å². The highest BCUT2D eigenvalue weighted by molar-refractivity contribution is 6.04. The molecule has 0 aliphatic carbocycles. The zero-order valence-corrected chi connectivity index (χ0v) is 11.1. The molecule has 0 aliphatic heterocycles. The fraction of sp³-hybridized carbons (Fsp3) is 0.200. The molecule has 0 saturated heterocycles. The van der Waals surface area contributed by atoms with Crippen molar-refractivity contribution in [1.82, 2.24) is 4.98 Å².